The van der Waals surface area contributed by atoms with Crippen LogP contribution in [0.25, 0.3) is 27.8 Å². The van der Waals surface area contributed by atoms with Crippen LogP contribution in [0.4, 0.5) is 0 Å². The lowest BCUT2D eigenvalue weighted by Crippen LogP contribution is -1.85. The van der Waals surface area contributed by atoms with Gasteiger partial charge in [0.1, 0.15) is 5.76 Å². The lowest BCUT2D eigenvalue weighted by molar-refractivity contribution is 0.369. The summed E-state index contributed by atoms with van der Waals surface area (Å²) in [6.07, 6.45) is 3.63. The number of aromatic nitrogens is 2. The van der Waals surface area contributed by atoms with Crippen molar-refractivity contribution in [2.24, 2.45) is 0 Å². The molecule has 4 heteroatoms. The van der Waals surface area contributed by atoms with Gasteiger partial charge in [-0.25, -0.2) is 0 Å². The van der Waals surface area contributed by atoms with Crippen LogP contribution < -0.4 is 0 Å². The van der Waals surface area contributed by atoms with Crippen LogP contribution in [0.1, 0.15) is 5.69 Å². The van der Waals surface area contributed by atoms with Gasteiger partial charge in [-0.1, -0.05) is 24.8 Å². The summed E-state index contributed by atoms with van der Waals surface area (Å²) >= 11 is 3.59. The molecule has 3 aromatic rings. The van der Waals surface area contributed by atoms with E-state index >= 15 is 0 Å². The molecule has 1 aromatic carbocycles. The van der Waals surface area contributed by atoms with E-state index in [1.54, 1.807) is 13.3 Å². The molecule has 2 aromatic heterocycles. The van der Waals surface area contributed by atoms with Crippen LogP contribution in [-0.2, 0) is 4.74 Å². The maximum atomic E-state index is 5.20. The standard InChI is InChI=1S/C16H13BrN2O/c1-10(20-2)16-15(17)13-6-5-11(8-14(13)19-16)12-4-3-7-18-9-12/h3-9,19H,1H2,2H3. The number of rotatable bonds is 3. The lowest BCUT2D eigenvalue weighted by Gasteiger charge is -2.00. The second kappa shape index (κ2) is 5.13. The summed E-state index contributed by atoms with van der Waals surface area (Å²) in [7, 11) is 1.61. The molecule has 0 saturated carbocycles. The average Bonchev–Trinajstić information content (AvgIpc) is 2.84. The second-order valence-electron chi connectivity index (χ2n) is 4.44. The number of nitrogens with zero attached hydrogens (tertiary/aromatic N) is 1. The Hall–Kier alpha value is -2.07. The van der Waals surface area contributed by atoms with Gasteiger partial charge >= 0.3 is 0 Å². The molecule has 0 aliphatic carbocycles. The van der Waals surface area contributed by atoms with Gasteiger partial charge in [0.25, 0.3) is 0 Å². The highest BCUT2D eigenvalue weighted by molar-refractivity contribution is 9.10. The monoisotopic (exact) mass is 328 g/mol. The number of methoxy groups -OCH3 is 1. The minimum Gasteiger partial charge on any atom is -0.495 e. The molecule has 3 nitrogen and oxygen atoms in total. The van der Waals surface area contributed by atoms with E-state index < -0.39 is 0 Å². The Kier molecular flexibility index (Phi) is 3.32. The molecule has 100 valence electrons. The Labute approximate surface area is 125 Å². The number of fused-ring (bicyclic) bond motifs is 1. The minimum atomic E-state index is 0.607. The van der Waals surface area contributed by atoms with Crippen molar-refractivity contribution in [2.75, 3.05) is 7.11 Å². The van der Waals surface area contributed by atoms with Gasteiger partial charge in [0.05, 0.1) is 17.3 Å². The largest absolute Gasteiger partial charge is 0.495 e. The van der Waals surface area contributed by atoms with Crippen molar-refractivity contribution in [2.45, 2.75) is 0 Å². The van der Waals surface area contributed by atoms with Gasteiger partial charge in [0, 0.05) is 28.9 Å². The van der Waals surface area contributed by atoms with E-state index in [-0.39, 0.29) is 0 Å². The number of hydrogen-bond acceptors (Lipinski definition) is 2. The number of pyridine rings is 1. The van der Waals surface area contributed by atoms with Crippen molar-refractivity contribution in [1.29, 1.82) is 0 Å². The van der Waals surface area contributed by atoms with Crippen molar-refractivity contribution in [3.63, 3.8) is 0 Å². The molecule has 0 amide bonds. The second-order valence-corrected chi connectivity index (χ2v) is 5.24. The number of ether oxygens (including phenoxy) is 1. The molecule has 1 N–H and O–H groups in total. The Balaban J connectivity index is 2.15. The molecular weight excluding hydrogens is 316 g/mol. The molecule has 2 heterocycles. The molecular formula is C16H13BrN2O. The van der Waals surface area contributed by atoms with E-state index in [4.69, 9.17) is 4.74 Å². The molecule has 0 unspecified atom stereocenters. The molecule has 3 rings (SSSR count). The number of benzene rings is 1. The van der Waals surface area contributed by atoms with E-state index in [9.17, 15) is 0 Å². The van der Waals surface area contributed by atoms with Gasteiger partial charge in [-0.15, -0.1) is 0 Å². The van der Waals surface area contributed by atoms with Gasteiger partial charge in [-0.05, 0) is 33.6 Å². The van der Waals surface area contributed by atoms with E-state index in [2.05, 4.69) is 50.7 Å². The minimum absolute atomic E-state index is 0.607. The van der Waals surface area contributed by atoms with E-state index in [0.29, 0.717) is 5.76 Å². The number of hydrogen-bond donors (Lipinski definition) is 1. The van der Waals surface area contributed by atoms with Crippen molar-refractivity contribution in [3.05, 3.63) is 59.5 Å². The average molecular weight is 329 g/mol. The van der Waals surface area contributed by atoms with Crippen molar-refractivity contribution in [1.82, 2.24) is 9.97 Å². The van der Waals surface area contributed by atoms with Crippen LogP contribution >= 0.6 is 15.9 Å². The van der Waals surface area contributed by atoms with Crippen LogP contribution in [0.3, 0.4) is 0 Å². The maximum Gasteiger partial charge on any atom is 0.136 e. The molecule has 0 radical (unpaired) electrons. The number of nitrogens with one attached hydrogen (secondary N) is 1. The number of halogens is 1. The van der Waals surface area contributed by atoms with Gasteiger partial charge in [0.15, 0.2) is 0 Å². The van der Waals surface area contributed by atoms with Crippen LogP contribution in [0.2, 0.25) is 0 Å². The zero-order valence-electron chi connectivity index (χ0n) is 11.0. The lowest BCUT2D eigenvalue weighted by atomic mass is 10.1. The third-order valence-electron chi connectivity index (χ3n) is 3.26. The van der Waals surface area contributed by atoms with E-state index in [1.807, 2.05) is 18.3 Å². The first-order valence-electron chi connectivity index (χ1n) is 6.15. The topological polar surface area (TPSA) is 37.9 Å². The highest BCUT2D eigenvalue weighted by Crippen LogP contribution is 2.33. The summed E-state index contributed by atoms with van der Waals surface area (Å²) in [6, 6.07) is 10.2. The smallest absolute Gasteiger partial charge is 0.136 e. The molecule has 0 bridgehead atoms. The Morgan fingerprint density at radius 1 is 1.30 bits per heavy atom. The molecule has 0 atom stereocenters. The molecule has 0 fully saturated rings. The first-order valence-corrected chi connectivity index (χ1v) is 6.95. The van der Waals surface area contributed by atoms with Crippen LogP contribution in [0, 0.1) is 0 Å². The zero-order chi connectivity index (χ0) is 14.1. The first kappa shape index (κ1) is 12.9. The zero-order valence-corrected chi connectivity index (χ0v) is 12.6. The van der Waals surface area contributed by atoms with Gasteiger partial charge in [0.2, 0.25) is 0 Å². The summed E-state index contributed by atoms with van der Waals surface area (Å²) in [5.41, 5.74) is 4.11. The SMILES string of the molecule is C=C(OC)c1[nH]c2cc(-c3cccnc3)ccc2c1Br. The maximum absolute atomic E-state index is 5.20. The first-order chi connectivity index (χ1) is 9.70. The third kappa shape index (κ3) is 2.12. The van der Waals surface area contributed by atoms with Crippen LogP contribution in [-0.4, -0.2) is 17.1 Å². The van der Waals surface area contributed by atoms with Gasteiger partial charge < -0.3 is 9.72 Å². The van der Waals surface area contributed by atoms with Gasteiger partial charge in [-0.3, -0.25) is 4.98 Å². The summed E-state index contributed by atoms with van der Waals surface area (Å²) in [6.45, 7) is 3.89. The van der Waals surface area contributed by atoms with Crippen molar-refractivity contribution < 1.29 is 4.74 Å². The summed E-state index contributed by atoms with van der Waals surface area (Å²) in [5.74, 6) is 0.607. The fourth-order valence-electron chi connectivity index (χ4n) is 2.17. The predicted octanol–water partition coefficient (Wildman–Crippen LogP) is 4.61. The number of aromatic amines is 1. The summed E-state index contributed by atoms with van der Waals surface area (Å²) < 4.78 is 6.17. The van der Waals surface area contributed by atoms with Crippen molar-refractivity contribution >= 4 is 32.6 Å². The summed E-state index contributed by atoms with van der Waals surface area (Å²) in [5, 5.41) is 1.10. The van der Waals surface area contributed by atoms with E-state index in [0.717, 1.165) is 32.2 Å². The molecule has 0 saturated heterocycles. The number of H-pyrrole nitrogens is 1. The molecule has 0 aliphatic heterocycles. The fourth-order valence-corrected chi connectivity index (χ4v) is 2.84. The highest BCUT2D eigenvalue weighted by atomic mass is 79.9. The third-order valence-corrected chi connectivity index (χ3v) is 4.08. The van der Waals surface area contributed by atoms with Crippen LogP contribution in [0.15, 0.2) is 53.8 Å². The molecule has 0 spiro atoms. The quantitative estimate of drug-likeness (QED) is 0.713. The normalized spacial score (nSPS) is 10.7. The van der Waals surface area contributed by atoms with E-state index in [1.165, 1.54) is 0 Å². The predicted molar refractivity (Wildman–Crippen MR) is 85.3 cm³/mol. The Bertz CT molecular complexity index is 778. The van der Waals surface area contributed by atoms with Crippen LogP contribution in [0.5, 0.6) is 0 Å². The molecule has 0 aliphatic rings. The summed E-state index contributed by atoms with van der Waals surface area (Å²) in [4.78, 5) is 7.48. The Morgan fingerprint density at radius 3 is 2.85 bits per heavy atom. The highest BCUT2D eigenvalue weighted by Gasteiger charge is 2.12. The Morgan fingerprint density at radius 2 is 2.15 bits per heavy atom. The van der Waals surface area contributed by atoms with Gasteiger partial charge in [-0.2, -0.15) is 0 Å². The van der Waals surface area contributed by atoms with Crippen molar-refractivity contribution in [3.8, 4) is 11.1 Å². The fraction of sp³-hybridized carbons (Fsp3) is 0.0625. The molecule has 20 heavy (non-hydrogen) atoms.